The summed E-state index contributed by atoms with van der Waals surface area (Å²) in [5, 5.41) is 12.0. The molecule has 0 unspecified atom stereocenters. The molecule has 102 valence electrons. The van der Waals surface area contributed by atoms with Gasteiger partial charge in [0.25, 0.3) is 0 Å². The molecule has 0 saturated heterocycles. The molecule has 1 fully saturated rings. The van der Waals surface area contributed by atoms with E-state index in [-0.39, 0.29) is 5.41 Å². The zero-order valence-corrected chi connectivity index (χ0v) is 11.6. The van der Waals surface area contributed by atoms with Gasteiger partial charge in [0.2, 0.25) is 0 Å². The van der Waals surface area contributed by atoms with Crippen LogP contribution in [0.15, 0.2) is 0 Å². The van der Waals surface area contributed by atoms with Crippen molar-refractivity contribution in [1.29, 1.82) is 0 Å². The lowest BCUT2D eigenvalue weighted by Crippen LogP contribution is -2.38. The third-order valence-corrected chi connectivity index (χ3v) is 3.47. The summed E-state index contributed by atoms with van der Waals surface area (Å²) in [7, 11) is 0. The second-order valence-corrected chi connectivity index (χ2v) is 5.94. The fourth-order valence-electron chi connectivity index (χ4n) is 2.07. The van der Waals surface area contributed by atoms with Gasteiger partial charge in [-0.15, -0.1) is 5.10 Å². The zero-order valence-electron chi connectivity index (χ0n) is 11.6. The predicted molar refractivity (Wildman–Crippen MR) is 69.9 cm³/mol. The maximum absolute atomic E-state index is 5.80. The van der Waals surface area contributed by atoms with Crippen molar-refractivity contribution >= 4 is 0 Å². The van der Waals surface area contributed by atoms with Gasteiger partial charge in [-0.1, -0.05) is 20.8 Å². The van der Waals surface area contributed by atoms with Gasteiger partial charge in [0.05, 0.1) is 12.6 Å². The first-order valence-corrected chi connectivity index (χ1v) is 6.75. The Labute approximate surface area is 109 Å². The molecular formula is C12H24N6. The number of hydrogen-bond acceptors (Lipinski definition) is 5. The molecule has 0 aliphatic heterocycles. The molecule has 0 bridgehead atoms. The highest BCUT2D eigenvalue weighted by Crippen LogP contribution is 2.34. The van der Waals surface area contributed by atoms with Crippen LogP contribution in [0.25, 0.3) is 0 Å². The van der Waals surface area contributed by atoms with E-state index in [9.17, 15) is 0 Å². The van der Waals surface area contributed by atoms with Gasteiger partial charge in [-0.25, -0.2) is 4.68 Å². The molecule has 6 nitrogen and oxygen atoms in total. The maximum Gasteiger partial charge on any atom is 0.165 e. The average Bonchev–Trinajstić information content (AvgIpc) is 3.09. The summed E-state index contributed by atoms with van der Waals surface area (Å²) in [6, 6.07) is 0.538. The fourth-order valence-corrected chi connectivity index (χ4v) is 2.07. The molecule has 1 saturated carbocycles. The van der Waals surface area contributed by atoms with Gasteiger partial charge in [0.1, 0.15) is 0 Å². The first-order chi connectivity index (χ1) is 8.55. The van der Waals surface area contributed by atoms with Gasteiger partial charge in [0.15, 0.2) is 5.82 Å². The summed E-state index contributed by atoms with van der Waals surface area (Å²) in [5.41, 5.74) is 5.93. The number of tetrazole rings is 1. The highest BCUT2D eigenvalue weighted by Gasteiger charge is 2.28. The Balaban J connectivity index is 1.99. The van der Waals surface area contributed by atoms with Gasteiger partial charge >= 0.3 is 0 Å². The normalized spacial score (nSPS) is 16.5. The topological polar surface area (TPSA) is 72.9 Å². The van der Waals surface area contributed by atoms with E-state index < -0.39 is 0 Å². The first kappa shape index (κ1) is 13.4. The van der Waals surface area contributed by atoms with Crippen LogP contribution >= 0.6 is 0 Å². The molecule has 1 heterocycles. The minimum atomic E-state index is 0.133. The third kappa shape index (κ3) is 3.26. The zero-order chi connectivity index (χ0) is 13.2. The van der Waals surface area contributed by atoms with Crippen molar-refractivity contribution in [2.24, 2.45) is 11.1 Å². The summed E-state index contributed by atoms with van der Waals surface area (Å²) < 4.78 is 1.98. The number of rotatable bonds is 7. The van der Waals surface area contributed by atoms with Gasteiger partial charge in [-0.3, -0.25) is 4.90 Å². The molecule has 0 radical (unpaired) electrons. The Morgan fingerprint density at radius 2 is 2.17 bits per heavy atom. The van der Waals surface area contributed by atoms with Crippen LogP contribution in [0.3, 0.4) is 0 Å². The summed E-state index contributed by atoms with van der Waals surface area (Å²) in [6.45, 7) is 10.0. The van der Waals surface area contributed by atoms with Crippen LogP contribution in [0.2, 0.25) is 0 Å². The van der Waals surface area contributed by atoms with Gasteiger partial charge in [0, 0.05) is 6.54 Å². The lowest BCUT2D eigenvalue weighted by atomic mass is 9.93. The molecule has 1 aromatic heterocycles. The monoisotopic (exact) mass is 252 g/mol. The lowest BCUT2D eigenvalue weighted by Gasteiger charge is -2.30. The number of aromatic nitrogens is 4. The Morgan fingerprint density at radius 1 is 1.44 bits per heavy atom. The molecule has 1 aromatic rings. The summed E-state index contributed by atoms with van der Waals surface area (Å²) in [5.74, 6) is 0.979. The van der Waals surface area contributed by atoms with Crippen molar-refractivity contribution in [1.82, 2.24) is 25.1 Å². The molecule has 0 atom stereocenters. The smallest absolute Gasteiger partial charge is 0.165 e. The van der Waals surface area contributed by atoms with E-state index in [4.69, 9.17) is 5.73 Å². The summed E-state index contributed by atoms with van der Waals surface area (Å²) in [4.78, 5) is 2.36. The van der Waals surface area contributed by atoms with E-state index in [1.165, 1.54) is 12.8 Å². The predicted octanol–water partition coefficient (Wildman–Crippen LogP) is 0.815. The van der Waals surface area contributed by atoms with Crippen molar-refractivity contribution in [3.05, 3.63) is 5.82 Å². The van der Waals surface area contributed by atoms with E-state index in [0.29, 0.717) is 12.6 Å². The van der Waals surface area contributed by atoms with E-state index in [1.54, 1.807) is 0 Å². The third-order valence-electron chi connectivity index (χ3n) is 3.47. The van der Waals surface area contributed by atoms with Gasteiger partial charge in [-0.2, -0.15) is 0 Å². The Hall–Kier alpha value is -1.01. The van der Waals surface area contributed by atoms with Crippen LogP contribution in [-0.4, -0.2) is 44.7 Å². The highest BCUT2D eigenvalue weighted by molar-refractivity contribution is 4.91. The second-order valence-electron chi connectivity index (χ2n) is 5.94. The van der Waals surface area contributed by atoms with E-state index in [1.807, 2.05) is 4.68 Å². The van der Waals surface area contributed by atoms with Crippen LogP contribution in [-0.2, 0) is 6.54 Å². The summed E-state index contributed by atoms with van der Waals surface area (Å²) >= 11 is 0. The van der Waals surface area contributed by atoms with Crippen LogP contribution < -0.4 is 5.73 Å². The molecule has 1 aliphatic carbocycles. The maximum atomic E-state index is 5.80. The standard InChI is InChI=1S/C12H24N6/c1-4-17(9-12(2,3)8-13)7-11-14-15-16-18(11)10-5-6-10/h10H,4-9,13H2,1-3H3. The molecule has 2 N–H and O–H groups in total. The highest BCUT2D eigenvalue weighted by atomic mass is 15.6. The Bertz CT molecular complexity index is 382. The van der Waals surface area contributed by atoms with E-state index >= 15 is 0 Å². The molecule has 0 spiro atoms. The molecule has 0 aromatic carbocycles. The van der Waals surface area contributed by atoms with Gasteiger partial charge < -0.3 is 5.73 Å². The van der Waals surface area contributed by atoms with Crippen molar-refractivity contribution in [2.75, 3.05) is 19.6 Å². The first-order valence-electron chi connectivity index (χ1n) is 6.75. The largest absolute Gasteiger partial charge is 0.330 e. The molecule has 18 heavy (non-hydrogen) atoms. The van der Waals surface area contributed by atoms with Crippen LogP contribution in [0, 0.1) is 5.41 Å². The van der Waals surface area contributed by atoms with Crippen molar-refractivity contribution in [3.8, 4) is 0 Å². The molecule has 1 aliphatic rings. The number of hydrogen-bond donors (Lipinski definition) is 1. The molecular weight excluding hydrogens is 228 g/mol. The summed E-state index contributed by atoms with van der Waals surface area (Å²) in [6.07, 6.45) is 2.41. The lowest BCUT2D eigenvalue weighted by molar-refractivity contribution is 0.177. The average molecular weight is 252 g/mol. The van der Waals surface area contributed by atoms with E-state index in [2.05, 4.69) is 41.2 Å². The van der Waals surface area contributed by atoms with Crippen LogP contribution in [0.5, 0.6) is 0 Å². The van der Waals surface area contributed by atoms with Crippen LogP contribution in [0.4, 0.5) is 0 Å². The van der Waals surface area contributed by atoms with Gasteiger partial charge in [-0.05, 0) is 41.8 Å². The van der Waals surface area contributed by atoms with Crippen molar-refractivity contribution in [3.63, 3.8) is 0 Å². The van der Waals surface area contributed by atoms with Crippen molar-refractivity contribution in [2.45, 2.75) is 46.2 Å². The number of nitrogens with two attached hydrogens (primary N) is 1. The van der Waals surface area contributed by atoms with Crippen molar-refractivity contribution < 1.29 is 0 Å². The fraction of sp³-hybridized carbons (Fsp3) is 0.917. The molecule has 0 amide bonds. The van der Waals surface area contributed by atoms with Crippen LogP contribution in [0.1, 0.15) is 45.5 Å². The molecule has 2 rings (SSSR count). The SMILES string of the molecule is CCN(Cc1nnnn1C1CC1)CC(C)(C)CN. The molecule has 6 heteroatoms. The minimum Gasteiger partial charge on any atom is -0.330 e. The quantitative estimate of drug-likeness (QED) is 0.777. The van der Waals surface area contributed by atoms with E-state index in [0.717, 1.165) is 25.5 Å². The minimum absolute atomic E-state index is 0.133. The Kier molecular flexibility index (Phi) is 3.97. The Morgan fingerprint density at radius 3 is 2.72 bits per heavy atom. The second kappa shape index (κ2) is 5.32. The number of nitrogens with zero attached hydrogens (tertiary/aromatic N) is 5.